The molecule has 0 aliphatic carbocycles. The molecule has 0 radical (unpaired) electrons. The quantitative estimate of drug-likeness (QED) is 0.394. The van der Waals surface area contributed by atoms with Crippen molar-refractivity contribution in [1.29, 1.82) is 0 Å². The number of rotatable bonds is 5. The van der Waals surface area contributed by atoms with Gasteiger partial charge in [0.15, 0.2) is 0 Å². The first kappa shape index (κ1) is 16.1. The summed E-state index contributed by atoms with van der Waals surface area (Å²) in [4.78, 5) is 10.6. The highest BCUT2D eigenvalue weighted by Gasteiger charge is 2.18. The van der Waals surface area contributed by atoms with Crippen LogP contribution in [0.1, 0.15) is 11.1 Å². The van der Waals surface area contributed by atoms with Crippen LogP contribution < -0.4 is 4.74 Å². The maximum atomic E-state index is 11.0. The fourth-order valence-corrected chi connectivity index (χ4v) is 2.78. The van der Waals surface area contributed by atoms with Gasteiger partial charge in [0.2, 0.25) is 0 Å². The van der Waals surface area contributed by atoms with Gasteiger partial charge in [0.05, 0.1) is 25.9 Å². The third-order valence-electron chi connectivity index (χ3n) is 2.84. The van der Waals surface area contributed by atoms with Crippen molar-refractivity contribution in [2.75, 3.05) is 0 Å². The van der Waals surface area contributed by atoms with E-state index in [1.807, 2.05) is 18.2 Å². The molecule has 0 atom stereocenters. The van der Waals surface area contributed by atoms with Crippen LogP contribution in [0.5, 0.6) is 5.75 Å². The van der Waals surface area contributed by atoms with Crippen LogP contribution in [0.2, 0.25) is 5.02 Å². The zero-order valence-corrected chi connectivity index (χ0v) is 13.8. The van der Waals surface area contributed by atoms with Crippen LogP contribution in [0.3, 0.4) is 0 Å². The van der Waals surface area contributed by atoms with Crippen molar-refractivity contribution in [1.82, 2.24) is 0 Å². The molecule has 0 aromatic heterocycles. The Morgan fingerprint density at radius 2 is 1.95 bits per heavy atom. The summed E-state index contributed by atoms with van der Waals surface area (Å²) < 4.78 is 6.43. The number of benzene rings is 2. The zero-order valence-electron chi connectivity index (χ0n) is 10.7. The second kappa shape index (κ2) is 7.11. The smallest absolute Gasteiger partial charge is 0.277 e. The molecule has 0 saturated heterocycles. The Hall–Kier alpha value is -1.30. The predicted molar refractivity (Wildman–Crippen MR) is 86.1 cm³/mol. The van der Waals surface area contributed by atoms with Gasteiger partial charge in [0, 0.05) is 11.6 Å². The zero-order chi connectivity index (χ0) is 15.4. The molecule has 0 saturated carbocycles. The molecule has 4 nitrogen and oxygen atoms in total. The molecule has 0 N–H and O–H groups in total. The van der Waals surface area contributed by atoms with Gasteiger partial charge in [-0.1, -0.05) is 29.8 Å². The average Bonchev–Trinajstić information content (AvgIpc) is 2.46. The number of alkyl halides is 1. The van der Waals surface area contributed by atoms with E-state index in [2.05, 4.69) is 15.9 Å². The monoisotopic (exact) mass is 389 g/mol. The number of nitro groups is 1. The predicted octanol–water partition coefficient (Wildman–Crippen LogP) is 5.33. The van der Waals surface area contributed by atoms with E-state index in [1.165, 1.54) is 12.1 Å². The first-order valence-corrected chi connectivity index (χ1v) is 7.63. The maximum absolute atomic E-state index is 11.0. The first-order valence-electron chi connectivity index (χ1n) is 5.92. The minimum atomic E-state index is -0.479. The molecule has 21 heavy (non-hydrogen) atoms. The van der Waals surface area contributed by atoms with Crippen LogP contribution >= 0.6 is 39.1 Å². The fraction of sp³-hybridized carbons (Fsp3) is 0.143. The lowest BCUT2D eigenvalue weighted by atomic mass is 10.2. The lowest BCUT2D eigenvalue weighted by Crippen LogP contribution is -2.03. The van der Waals surface area contributed by atoms with E-state index in [0.29, 0.717) is 16.3 Å². The van der Waals surface area contributed by atoms with Crippen LogP contribution in [0.25, 0.3) is 0 Å². The standard InChI is InChI=1S/C14H10BrCl2NO3/c15-11-4-1-3-9(7-16)14(11)21-8-10-12(17)5-2-6-13(10)18(19)20/h1-6H,7-8H2. The number of para-hydroxylation sites is 1. The number of nitrogens with zero attached hydrogens (tertiary/aromatic N) is 1. The van der Waals surface area contributed by atoms with Crippen LogP contribution in [0.15, 0.2) is 40.9 Å². The SMILES string of the molecule is O=[N+]([O-])c1cccc(Cl)c1COc1c(Br)cccc1CCl. The summed E-state index contributed by atoms with van der Waals surface area (Å²) in [6, 6.07) is 10.0. The van der Waals surface area contributed by atoms with Gasteiger partial charge < -0.3 is 4.74 Å². The molecule has 0 fully saturated rings. The van der Waals surface area contributed by atoms with Gasteiger partial charge in [0.1, 0.15) is 12.4 Å². The summed E-state index contributed by atoms with van der Waals surface area (Å²) in [6.45, 7) is -0.0114. The van der Waals surface area contributed by atoms with E-state index in [9.17, 15) is 10.1 Å². The van der Waals surface area contributed by atoms with Gasteiger partial charge in [-0.2, -0.15) is 0 Å². The molecule has 110 valence electrons. The second-order valence-electron chi connectivity index (χ2n) is 4.15. The highest BCUT2D eigenvalue weighted by molar-refractivity contribution is 9.10. The van der Waals surface area contributed by atoms with Crippen LogP contribution in [0, 0.1) is 10.1 Å². The molecule has 2 rings (SSSR count). The number of halogens is 3. The van der Waals surface area contributed by atoms with Crippen LogP contribution in [0.4, 0.5) is 5.69 Å². The van der Waals surface area contributed by atoms with E-state index in [1.54, 1.807) is 6.07 Å². The second-order valence-corrected chi connectivity index (χ2v) is 5.67. The molecule has 0 bridgehead atoms. The van der Waals surface area contributed by atoms with E-state index < -0.39 is 4.92 Å². The number of ether oxygens (including phenoxy) is 1. The number of hydrogen-bond acceptors (Lipinski definition) is 3. The van der Waals surface area contributed by atoms with E-state index >= 15 is 0 Å². The summed E-state index contributed by atoms with van der Waals surface area (Å²) in [5.41, 5.74) is 1.06. The van der Waals surface area contributed by atoms with E-state index in [-0.39, 0.29) is 18.2 Å². The van der Waals surface area contributed by atoms with Crippen molar-refractivity contribution >= 4 is 44.8 Å². The van der Waals surface area contributed by atoms with E-state index in [0.717, 1.165) is 10.0 Å². The lowest BCUT2D eigenvalue weighted by Gasteiger charge is -2.12. The van der Waals surface area contributed by atoms with Gasteiger partial charge in [-0.25, -0.2) is 0 Å². The van der Waals surface area contributed by atoms with Gasteiger partial charge in [0.25, 0.3) is 5.69 Å². The first-order chi connectivity index (χ1) is 10.0. The highest BCUT2D eigenvalue weighted by Crippen LogP contribution is 2.33. The van der Waals surface area contributed by atoms with Gasteiger partial charge >= 0.3 is 0 Å². The normalized spacial score (nSPS) is 10.4. The Bertz CT molecular complexity index is 679. The molecular weight excluding hydrogens is 381 g/mol. The molecule has 0 heterocycles. The third-order valence-corrected chi connectivity index (χ3v) is 4.11. The van der Waals surface area contributed by atoms with Gasteiger partial charge in [-0.3, -0.25) is 10.1 Å². The molecule has 2 aromatic rings. The Balaban J connectivity index is 2.31. The minimum absolute atomic E-state index is 0.0114. The van der Waals surface area contributed by atoms with Gasteiger partial charge in [-0.15, -0.1) is 11.6 Å². The Morgan fingerprint density at radius 3 is 2.62 bits per heavy atom. The maximum Gasteiger partial charge on any atom is 0.277 e. The van der Waals surface area contributed by atoms with Gasteiger partial charge in [-0.05, 0) is 28.1 Å². The Labute approximate surface area is 139 Å². The summed E-state index contributed by atoms with van der Waals surface area (Å²) in [7, 11) is 0. The average molecular weight is 391 g/mol. The Kier molecular flexibility index (Phi) is 5.45. The van der Waals surface area contributed by atoms with Crippen LogP contribution in [-0.4, -0.2) is 4.92 Å². The molecule has 0 unspecified atom stereocenters. The topological polar surface area (TPSA) is 52.4 Å². The van der Waals surface area contributed by atoms with Crippen molar-refractivity contribution < 1.29 is 9.66 Å². The van der Waals surface area contributed by atoms with Crippen molar-refractivity contribution in [2.45, 2.75) is 12.5 Å². The number of hydrogen-bond donors (Lipinski definition) is 0. The fourth-order valence-electron chi connectivity index (χ4n) is 1.83. The summed E-state index contributed by atoms with van der Waals surface area (Å²) >= 11 is 15.3. The molecular formula is C14H10BrCl2NO3. The third kappa shape index (κ3) is 3.67. The van der Waals surface area contributed by atoms with E-state index in [4.69, 9.17) is 27.9 Å². The van der Waals surface area contributed by atoms with Crippen molar-refractivity contribution in [3.8, 4) is 5.75 Å². The summed E-state index contributed by atoms with van der Waals surface area (Å²) in [5.74, 6) is 0.834. The molecule has 0 spiro atoms. The number of nitro benzene ring substituents is 1. The van der Waals surface area contributed by atoms with Crippen LogP contribution in [-0.2, 0) is 12.5 Å². The molecule has 0 aliphatic heterocycles. The van der Waals surface area contributed by atoms with Crippen molar-refractivity contribution in [3.05, 3.63) is 67.1 Å². The lowest BCUT2D eigenvalue weighted by molar-refractivity contribution is -0.385. The van der Waals surface area contributed by atoms with Crippen molar-refractivity contribution in [2.24, 2.45) is 0 Å². The Morgan fingerprint density at radius 1 is 1.24 bits per heavy atom. The minimum Gasteiger partial charge on any atom is -0.487 e. The molecule has 2 aromatic carbocycles. The largest absolute Gasteiger partial charge is 0.487 e. The van der Waals surface area contributed by atoms with Crippen molar-refractivity contribution in [3.63, 3.8) is 0 Å². The molecule has 0 amide bonds. The highest BCUT2D eigenvalue weighted by atomic mass is 79.9. The molecule has 0 aliphatic rings. The summed E-state index contributed by atoms with van der Waals surface area (Å²) in [5, 5.41) is 11.3. The molecule has 7 heteroatoms. The summed E-state index contributed by atoms with van der Waals surface area (Å²) in [6.07, 6.45) is 0.